The minimum Gasteiger partial charge on any atom is -0.246 e. The molecule has 0 spiro atoms. The summed E-state index contributed by atoms with van der Waals surface area (Å²) in [6, 6.07) is 0. The van der Waals surface area contributed by atoms with Crippen LogP contribution in [0, 0.1) is 0 Å². The third-order valence-electron chi connectivity index (χ3n) is 1.07. The maximum Gasteiger partial charge on any atom is 0.373 e. The van der Waals surface area contributed by atoms with Gasteiger partial charge in [0.2, 0.25) is 0 Å². The fraction of sp³-hybridized carbons (Fsp3) is 0.833. The highest BCUT2D eigenvalue weighted by atomic mass is 35.5. The Labute approximate surface area is 59.8 Å². The van der Waals surface area contributed by atoms with Gasteiger partial charge in [-0.25, -0.2) is 9.90 Å². The second kappa shape index (κ2) is 4.62. The van der Waals surface area contributed by atoms with Crippen molar-refractivity contribution in [1.82, 2.24) is 0 Å². The van der Waals surface area contributed by atoms with E-state index in [0.717, 1.165) is 12.8 Å². The minimum atomic E-state index is -1.16. The maximum absolute atomic E-state index is 9.96. The van der Waals surface area contributed by atoms with Crippen LogP contribution in [0.3, 0.4) is 0 Å². The SMILES string of the molecule is CCCCC(Cl)C([O])=O. The van der Waals surface area contributed by atoms with E-state index < -0.39 is 11.3 Å². The molecule has 0 saturated heterocycles. The highest BCUT2D eigenvalue weighted by Crippen LogP contribution is 2.06. The highest BCUT2D eigenvalue weighted by molar-refractivity contribution is 6.29. The standard InChI is InChI=1S/C6H10ClO2/c1-2-3-4-5(7)6(8)9/h5H,2-4H2,1H3. The second-order valence-corrected chi connectivity index (χ2v) is 2.46. The van der Waals surface area contributed by atoms with Crippen molar-refractivity contribution in [3.63, 3.8) is 0 Å². The van der Waals surface area contributed by atoms with Gasteiger partial charge in [0.1, 0.15) is 5.38 Å². The Morgan fingerprint density at radius 1 is 1.67 bits per heavy atom. The molecule has 0 saturated carbocycles. The summed E-state index contributed by atoms with van der Waals surface area (Å²) in [5.41, 5.74) is 0. The van der Waals surface area contributed by atoms with Crippen LogP contribution in [0.5, 0.6) is 0 Å². The first-order valence-electron chi connectivity index (χ1n) is 3.03. The molecule has 0 aromatic heterocycles. The van der Waals surface area contributed by atoms with Crippen molar-refractivity contribution in [1.29, 1.82) is 0 Å². The molecule has 0 fully saturated rings. The quantitative estimate of drug-likeness (QED) is 0.561. The molecule has 1 unspecified atom stereocenters. The van der Waals surface area contributed by atoms with E-state index in [1.54, 1.807) is 0 Å². The molecule has 53 valence electrons. The average molecular weight is 150 g/mol. The van der Waals surface area contributed by atoms with Gasteiger partial charge in [-0.1, -0.05) is 19.8 Å². The first-order chi connectivity index (χ1) is 4.18. The summed E-state index contributed by atoms with van der Waals surface area (Å²) in [6.07, 6.45) is 2.33. The lowest BCUT2D eigenvalue weighted by Crippen LogP contribution is -2.10. The third kappa shape index (κ3) is 4.28. The third-order valence-corrected chi connectivity index (χ3v) is 1.46. The minimum absolute atomic E-state index is 0.514. The molecule has 0 amide bonds. The smallest absolute Gasteiger partial charge is 0.246 e. The van der Waals surface area contributed by atoms with Crippen LogP contribution >= 0.6 is 11.6 Å². The number of rotatable bonds is 4. The molecule has 1 radical (unpaired) electrons. The number of carbonyl (C=O) groups excluding carboxylic acids is 1. The van der Waals surface area contributed by atoms with Crippen molar-refractivity contribution in [2.75, 3.05) is 0 Å². The van der Waals surface area contributed by atoms with E-state index in [4.69, 9.17) is 11.6 Å². The van der Waals surface area contributed by atoms with Gasteiger partial charge in [0.05, 0.1) is 0 Å². The van der Waals surface area contributed by atoms with Crippen LogP contribution in [0.1, 0.15) is 26.2 Å². The molecule has 0 N–H and O–H groups in total. The van der Waals surface area contributed by atoms with Crippen LogP contribution in [0.4, 0.5) is 0 Å². The van der Waals surface area contributed by atoms with E-state index in [-0.39, 0.29) is 0 Å². The number of alkyl halides is 1. The topological polar surface area (TPSA) is 37.0 Å². The largest absolute Gasteiger partial charge is 0.373 e. The van der Waals surface area contributed by atoms with Crippen molar-refractivity contribution < 1.29 is 9.90 Å². The zero-order valence-electron chi connectivity index (χ0n) is 5.39. The lowest BCUT2D eigenvalue weighted by molar-refractivity contribution is -0.142. The lowest BCUT2D eigenvalue weighted by atomic mass is 10.2. The molecule has 0 aliphatic rings. The van der Waals surface area contributed by atoms with Crippen molar-refractivity contribution in [2.45, 2.75) is 31.6 Å². The molecule has 3 heteroatoms. The van der Waals surface area contributed by atoms with Gasteiger partial charge in [0, 0.05) is 0 Å². The summed E-state index contributed by atoms with van der Waals surface area (Å²) < 4.78 is 0. The Kier molecular flexibility index (Phi) is 4.50. The molecule has 1 atom stereocenters. The van der Waals surface area contributed by atoms with E-state index in [2.05, 4.69) is 0 Å². The van der Waals surface area contributed by atoms with Gasteiger partial charge in [-0.2, -0.15) is 0 Å². The molecule has 0 heterocycles. The summed E-state index contributed by atoms with van der Waals surface area (Å²) in [5.74, 6) is -1.16. The van der Waals surface area contributed by atoms with Crippen LogP contribution in [0.2, 0.25) is 0 Å². The number of halogens is 1. The number of hydrogen-bond donors (Lipinski definition) is 0. The van der Waals surface area contributed by atoms with Gasteiger partial charge < -0.3 is 0 Å². The highest BCUT2D eigenvalue weighted by Gasteiger charge is 2.13. The van der Waals surface area contributed by atoms with Gasteiger partial charge >= 0.3 is 5.97 Å². The molecule has 0 aliphatic carbocycles. The van der Waals surface area contributed by atoms with Crippen LogP contribution in [0.15, 0.2) is 0 Å². The predicted molar refractivity (Wildman–Crippen MR) is 34.9 cm³/mol. The van der Waals surface area contributed by atoms with E-state index >= 15 is 0 Å². The van der Waals surface area contributed by atoms with Crippen LogP contribution in [-0.4, -0.2) is 11.3 Å². The molecule has 2 nitrogen and oxygen atoms in total. The predicted octanol–water partition coefficient (Wildman–Crippen LogP) is 1.74. The monoisotopic (exact) mass is 149 g/mol. The molecule has 0 rings (SSSR count). The van der Waals surface area contributed by atoms with Gasteiger partial charge in [0.15, 0.2) is 0 Å². The van der Waals surface area contributed by atoms with E-state index in [1.165, 1.54) is 0 Å². The molecular formula is C6H10ClO2. The van der Waals surface area contributed by atoms with Gasteiger partial charge in [-0.15, -0.1) is 11.6 Å². The van der Waals surface area contributed by atoms with Crippen molar-refractivity contribution in [2.24, 2.45) is 0 Å². The lowest BCUT2D eigenvalue weighted by Gasteiger charge is -1.97. The molecule has 0 aliphatic heterocycles. The van der Waals surface area contributed by atoms with E-state index in [0.29, 0.717) is 6.42 Å². The Hall–Kier alpha value is -0.240. The zero-order valence-corrected chi connectivity index (χ0v) is 6.15. The number of carbonyl (C=O) groups is 1. The van der Waals surface area contributed by atoms with Crippen LogP contribution < -0.4 is 0 Å². The van der Waals surface area contributed by atoms with E-state index in [9.17, 15) is 9.90 Å². The fourth-order valence-corrected chi connectivity index (χ4v) is 0.655. The first-order valence-corrected chi connectivity index (χ1v) is 3.47. The fourth-order valence-electron chi connectivity index (χ4n) is 0.501. The number of unbranched alkanes of at least 4 members (excludes halogenated alkanes) is 1. The van der Waals surface area contributed by atoms with Gasteiger partial charge in [-0.3, -0.25) is 0 Å². The van der Waals surface area contributed by atoms with Crippen LogP contribution in [0.25, 0.3) is 0 Å². The number of hydrogen-bond acceptors (Lipinski definition) is 1. The molecule has 0 aromatic rings. The van der Waals surface area contributed by atoms with Crippen molar-refractivity contribution in [3.05, 3.63) is 0 Å². The summed E-state index contributed by atoms with van der Waals surface area (Å²) >= 11 is 5.33. The normalized spacial score (nSPS) is 13.1. The Morgan fingerprint density at radius 3 is 2.56 bits per heavy atom. The van der Waals surface area contributed by atoms with Crippen molar-refractivity contribution >= 4 is 17.6 Å². The Morgan fingerprint density at radius 2 is 2.22 bits per heavy atom. The van der Waals surface area contributed by atoms with Crippen LogP contribution in [-0.2, 0) is 9.90 Å². The summed E-state index contributed by atoms with van der Waals surface area (Å²) in [4.78, 5) is 9.96. The van der Waals surface area contributed by atoms with E-state index in [1.807, 2.05) is 6.92 Å². The molecular weight excluding hydrogens is 140 g/mol. The van der Waals surface area contributed by atoms with Crippen molar-refractivity contribution in [3.8, 4) is 0 Å². The summed E-state index contributed by atoms with van der Waals surface area (Å²) in [6.45, 7) is 1.99. The maximum atomic E-state index is 9.96. The average Bonchev–Trinajstić information content (AvgIpc) is 1.82. The Balaban J connectivity index is 3.27. The summed E-state index contributed by atoms with van der Waals surface area (Å²) in [7, 11) is 0. The van der Waals surface area contributed by atoms with Gasteiger partial charge in [0.25, 0.3) is 0 Å². The Bertz CT molecular complexity index is 93.1. The first kappa shape index (κ1) is 8.76. The second-order valence-electron chi connectivity index (χ2n) is 1.93. The summed E-state index contributed by atoms with van der Waals surface area (Å²) in [5, 5.41) is 9.16. The molecule has 0 aromatic carbocycles. The molecule has 0 bridgehead atoms. The molecule has 9 heavy (non-hydrogen) atoms. The zero-order chi connectivity index (χ0) is 7.28. The van der Waals surface area contributed by atoms with Gasteiger partial charge in [-0.05, 0) is 6.42 Å².